The zero-order valence-electron chi connectivity index (χ0n) is 15.5. The summed E-state index contributed by atoms with van der Waals surface area (Å²) in [5, 5.41) is 3.67. The van der Waals surface area contributed by atoms with Crippen molar-refractivity contribution in [3.8, 4) is 0 Å². The smallest absolute Gasteiger partial charge is 0.330 e. The molecule has 11 nitrogen and oxygen atoms in total. The normalized spacial score (nSPS) is 24.1. The van der Waals surface area contributed by atoms with Crippen LogP contribution in [0.1, 0.15) is 38.5 Å². The summed E-state index contributed by atoms with van der Waals surface area (Å²) in [4.78, 5) is 40.6. The Morgan fingerprint density at radius 2 is 2.30 bits per heavy atom. The lowest BCUT2D eigenvalue weighted by atomic mass is 10.0. The van der Waals surface area contributed by atoms with Crippen molar-refractivity contribution in [2.45, 2.75) is 58.0 Å². The molecule has 0 bridgehead atoms. The van der Waals surface area contributed by atoms with E-state index in [2.05, 4.69) is 15.0 Å². The standard InChI is InChI=1S/C16H24N6O5/c1-4-8(2)13(17)15(24)26-7-11-10(20-21-18)5-12(27-11)22-6-9(3)14(23)19-16(22)25/h6,8,10-13H,4-5,7,17H2,1-3H3,(H,19,23,25)/t8-,10-,11+,12+,13-/m0/s1. The van der Waals surface area contributed by atoms with Gasteiger partial charge < -0.3 is 15.2 Å². The average Bonchev–Trinajstić information content (AvgIpc) is 3.04. The molecule has 1 aromatic heterocycles. The number of nitrogens with two attached hydrogens (primary N) is 1. The van der Waals surface area contributed by atoms with Crippen molar-refractivity contribution in [3.63, 3.8) is 0 Å². The fourth-order valence-electron chi connectivity index (χ4n) is 2.77. The van der Waals surface area contributed by atoms with Crippen molar-refractivity contribution >= 4 is 5.97 Å². The highest BCUT2D eigenvalue weighted by atomic mass is 16.6. The van der Waals surface area contributed by atoms with E-state index in [-0.39, 0.29) is 18.9 Å². The third-order valence-electron chi connectivity index (χ3n) is 4.78. The first-order chi connectivity index (χ1) is 12.8. The Balaban J connectivity index is 2.12. The Morgan fingerprint density at radius 3 is 2.93 bits per heavy atom. The van der Waals surface area contributed by atoms with Crippen molar-refractivity contribution in [1.29, 1.82) is 0 Å². The number of rotatable bonds is 7. The van der Waals surface area contributed by atoms with Crippen LogP contribution >= 0.6 is 0 Å². The lowest BCUT2D eigenvalue weighted by Gasteiger charge is -2.20. The number of aryl methyl sites for hydroxylation is 1. The molecule has 1 aromatic rings. The highest BCUT2D eigenvalue weighted by Gasteiger charge is 2.37. The SMILES string of the molecule is CC[C@H](C)[C@H](N)C(=O)OC[C@H]1O[C@@H](n2cc(C)c(=O)[nH]c2=O)C[C@@H]1N=[N+]=[N-]. The summed E-state index contributed by atoms with van der Waals surface area (Å²) in [6.45, 7) is 5.18. The zero-order chi connectivity index (χ0) is 20.1. The monoisotopic (exact) mass is 380 g/mol. The molecular formula is C16H24N6O5. The van der Waals surface area contributed by atoms with Crippen LogP contribution in [0.15, 0.2) is 20.9 Å². The molecule has 0 aliphatic carbocycles. The summed E-state index contributed by atoms with van der Waals surface area (Å²) < 4.78 is 12.2. The average molecular weight is 380 g/mol. The summed E-state index contributed by atoms with van der Waals surface area (Å²) in [7, 11) is 0. The maximum Gasteiger partial charge on any atom is 0.330 e. The minimum Gasteiger partial charge on any atom is -0.462 e. The topological polar surface area (TPSA) is 165 Å². The largest absolute Gasteiger partial charge is 0.462 e. The van der Waals surface area contributed by atoms with E-state index in [1.54, 1.807) is 6.92 Å². The number of aromatic amines is 1. The molecule has 0 saturated carbocycles. The lowest BCUT2D eigenvalue weighted by Crippen LogP contribution is -2.40. The summed E-state index contributed by atoms with van der Waals surface area (Å²) >= 11 is 0. The molecule has 11 heteroatoms. The third kappa shape index (κ3) is 4.76. The molecule has 0 amide bonds. The summed E-state index contributed by atoms with van der Waals surface area (Å²) in [6.07, 6.45) is 0.837. The second-order valence-corrected chi connectivity index (χ2v) is 6.66. The number of azide groups is 1. The Bertz CT molecular complexity index is 842. The number of esters is 1. The van der Waals surface area contributed by atoms with Gasteiger partial charge in [0.15, 0.2) is 0 Å². The number of nitrogens with one attached hydrogen (secondary N) is 1. The van der Waals surface area contributed by atoms with E-state index in [4.69, 9.17) is 20.7 Å². The van der Waals surface area contributed by atoms with E-state index in [1.807, 2.05) is 13.8 Å². The molecule has 0 spiro atoms. The van der Waals surface area contributed by atoms with E-state index in [1.165, 1.54) is 10.8 Å². The summed E-state index contributed by atoms with van der Waals surface area (Å²) in [5.74, 6) is -0.599. The van der Waals surface area contributed by atoms with Gasteiger partial charge in [-0.3, -0.25) is 19.1 Å². The van der Waals surface area contributed by atoms with Crippen LogP contribution in [0.25, 0.3) is 10.4 Å². The van der Waals surface area contributed by atoms with Crippen LogP contribution in [0.3, 0.4) is 0 Å². The molecular weight excluding hydrogens is 356 g/mol. The van der Waals surface area contributed by atoms with Gasteiger partial charge in [0.2, 0.25) is 0 Å². The Kier molecular flexibility index (Phi) is 6.78. The fourth-order valence-corrected chi connectivity index (χ4v) is 2.77. The van der Waals surface area contributed by atoms with Gasteiger partial charge in [-0.1, -0.05) is 25.4 Å². The van der Waals surface area contributed by atoms with Crippen LogP contribution < -0.4 is 17.0 Å². The van der Waals surface area contributed by atoms with Crippen LogP contribution in [0, 0.1) is 12.8 Å². The molecule has 1 aliphatic rings. The van der Waals surface area contributed by atoms with E-state index < -0.39 is 41.6 Å². The van der Waals surface area contributed by atoms with Crippen molar-refractivity contribution in [3.05, 3.63) is 43.0 Å². The third-order valence-corrected chi connectivity index (χ3v) is 4.78. The molecule has 148 valence electrons. The number of H-pyrrole nitrogens is 1. The van der Waals surface area contributed by atoms with Crippen LogP contribution in [-0.2, 0) is 14.3 Å². The zero-order valence-corrected chi connectivity index (χ0v) is 15.5. The quantitative estimate of drug-likeness (QED) is 0.306. The molecule has 0 unspecified atom stereocenters. The highest BCUT2D eigenvalue weighted by molar-refractivity contribution is 5.75. The lowest BCUT2D eigenvalue weighted by molar-refractivity contribution is -0.151. The number of carbonyl (C=O) groups is 1. The minimum atomic E-state index is -0.755. The van der Waals surface area contributed by atoms with E-state index >= 15 is 0 Å². The molecule has 27 heavy (non-hydrogen) atoms. The van der Waals surface area contributed by atoms with Gasteiger partial charge in [0.25, 0.3) is 5.56 Å². The molecule has 1 saturated heterocycles. The predicted octanol–water partition coefficient (Wildman–Crippen LogP) is 0.728. The first kappa shape index (κ1) is 20.7. The van der Waals surface area contributed by atoms with Gasteiger partial charge in [-0.15, -0.1) is 0 Å². The minimum absolute atomic E-state index is 0.0367. The molecule has 2 heterocycles. The second kappa shape index (κ2) is 8.85. The van der Waals surface area contributed by atoms with Crippen LogP contribution in [0.5, 0.6) is 0 Å². The fraction of sp³-hybridized carbons (Fsp3) is 0.688. The Morgan fingerprint density at radius 1 is 1.59 bits per heavy atom. The molecule has 5 atom stereocenters. The molecule has 3 N–H and O–H groups in total. The second-order valence-electron chi connectivity index (χ2n) is 6.66. The van der Waals surface area contributed by atoms with Crippen molar-refractivity contribution < 1.29 is 14.3 Å². The van der Waals surface area contributed by atoms with Gasteiger partial charge in [-0.05, 0) is 18.4 Å². The molecule has 1 aliphatic heterocycles. The van der Waals surface area contributed by atoms with E-state index in [0.717, 1.165) is 6.42 Å². The van der Waals surface area contributed by atoms with Gasteiger partial charge in [-0.25, -0.2) is 4.79 Å². The van der Waals surface area contributed by atoms with Crippen LogP contribution in [0.4, 0.5) is 0 Å². The van der Waals surface area contributed by atoms with Crippen molar-refractivity contribution in [2.24, 2.45) is 16.8 Å². The number of ether oxygens (including phenoxy) is 2. The summed E-state index contributed by atoms with van der Waals surface area (Å²) in [5.41, 5.74) is 13.8. The van der Waals surface area contributed by atoms with Gasteiger partial charge in [-0.2, -0.15) is 0 Å². The van der Waals surface area contributed by atoms with Crippen molar-refractivity contribution in [2.75, 3.05) is 6.61 Å². The molecule has 1 fully saturated rings. The number of aromatic nitrogens is 2. The number of hydrogen-bond donors (Lipinski definition) is 2. The van der Waals surface area contributed by atoms with Gasteiger partial charge in [0, 0.05) is 23.1 Å². The predicted molar refractivity (Wildman–Crippen MR) is 95.9 cm³/mol. The number of hydrogen-bond acceptors (Lipinski definition) is 7. The first-order valence-corrected chi connectivity index (χ1v) is 8.72. The van der Waals surface area contributed by atoms with Crippen LogP contribution in [-0.4, -0.2) is 40.3 Å². The van der Waals surface area contributed by atoms with Gasteiger partial charge >= 0.3 is 11.7 Å². The van der Waals surface area contributed by atoms with Gasteiger partial charge in [0.1, 0.15) is 25.0 Å². The van der Waals surface area contributed by atoms with E-state index in [9.17, 15) is 14.4 Å². The molecule has 0 radical (unpaired) electrons. The molecule has 0 aromatic carbocycles. The van der Waals surface area contributed by atoms with Crippen LogP contribution in [0.2, 0.25) is 0 Å². The molecule has 2 rings (SSSR count). The first-order valence-electron chi connectivity index (χ1n) is 8.72. The van der Waals surface area contributed by atoms with Gasteiger partial charge in [0.05, 0.1) is 6.04 Å². The van der Waals surface area contributed by atoms with Crippen molar-refractivity contribution in [1.82, 2.24) is 9.55 Å². The summed E-state index contributed by atoms with van der Waals surface area (Å²) in [6, 6.07) is -1.39. The Labute approximate surface area is 155 Å². The highest BCUT2D eigenvalue weighted by Crippen LogP contribution is 2.30. The maximum absolute atomic E-state index is 12.1. The Hall–Kier alpha value is -2.62. The number of nitrogens with zero attached hydrogens (tertiary/aromatic N) is 4. The van der Waals surface area contributed by atoms with E-state index in [0.29, 0.717) is 5.56 Å². The number of carbonyl (C=O) groups excluding carboxylic acids is 1. The maximum atomic E-state index is 12.1.